The molecule has 0 spiro atoms. The maximum atomic E-state index is 10.2. The van der Waals surface area contributed by atoms with Crippen molar-refractivity contribution in [3.63, 3.8) is 0 Å². The summed E-state index contributed by atoms with van der Waals surface area (Å²) < 4.78 is 10.4. The highest BCUT2D eigenvalue weighted by Crippen LogP contribution is 2.36. The van der Waals surface area contributed by atoms with E-state index in [1.807, 2.05) is 13.8 Å². The van der Waals surface area contributed by atoms with Gasteiger partial charge in [0.1, 0.15) is 12.9 Å². The van der Waals surface area contributed by atoms with Crippen molar-refractivity contribution in [1.29, 1.82) is 0 Å². The maximum Gasteiger partial charge on any atom is 0.147 e. The van der Waals surface area contributed by atoms with Crippen LogP contribution in [-0.2, 0) is 9.47 Å². The van der Waals surface area contributed by atoms with E-state index >= 15 is 0 Å². The monoisotopic (exact) mass is 292 g/mol. The number of methoxy groups -OCH3 is 1. The van der Waals surface area contributed by atoms with E-state index in [2.05, 4.69) is 0 Å². The van der Waals surface area contributed by atoms with Gasteiger partial charge in [0.25, 0.3) is 0 Å². The van der Waals surface area contributed by atoms with Crippen molar-refractivity contribution in [3.05, 3.63) is 33.8 Å². The predicted octanol–water partition coefficient (Wildman–Crippen LogP) is 3.67. The first kappa shape index (κ1) is 15.7. The topological polar surface area (TPSA) is 38.7 Å². The molecule has 0 fully saturated rings. The van der Waals surface area contributed by atoms with E-state index in [0.717, 1.165) is 0 Å². The Kier molecular flexibility index (Phi) is 6.39. The number of hydrogen-bond donors (Lipinski definition) is 1. The summed E-state index contributed by atoms with van der Waals surface area (Å²) in [5.74, 6) is 0.0131. The molecule has 2 atom stereocenters. The predicted molar refractivity (Wildman–Crippen MR) is 73.0 cm³/mol. The maximum absolute atomic E-state index is 10.2. The Hall–Kier alpha value is -0.320. The van der Waals surface area contributed by atoms with E-state index in [-0.39, 0.29) is 12.7 Å². The Labute approximate surface area is 118 Å². The summed E-state index contributed by atoms with van der Waals surface area (Å²) in [6, 6.07) is 5.20. The van der Waals surface area contributed by atoms with Crippen LogP contribution in [-0.4, -0.2) is 25.1 Å². The van der Waals surface area contributed by atoms with Crippen LogP contribution in [0, 0.1) is 5.92 Å². The lowest BCUT2D eigenvalue weighted by Gasteiger charge is -2.27. The van der Waals surface area contributed by atoms with Crippen LogP contribution in [0.15, 0.2) is 18.2 Å². The van der Waals surface area contributed by atoms with Crippen LogP contribution < -0.4 is 0 Å². The normalized spacial score (nSPS) is 14.8. The summed E-state index contributed by atoms with van der Waals surface area (Å²) in [6.45, 7) is 3.87. The lowest BCUT2D eigenvalue weighted by Crippen LogP contribution is -2.27. The van der Waals surface area contributed by atoms with E-state index in [0.29, 0.717) is 15.6 Å². The van der Waals surface area contributed by atoms with Crippen molar-refractivity contribution >= 4 is 23.2 Å². The Balaban J connectivity index is 3.08. The minimum Gasteiger partial charge on any atom is -0.390 e. The summed E-state index contributed by atoms with van der Waals surface area (Å²) in [5.41, 5.74) is 0.596. The largest absolute Gasteiger partial charge is 0.390 e. The smallest absolute Gasteiger partial charge is 0.147 e. The molecule has 0 aliphatic rings. The molecule has 0 heterocycles. The molecular weight excluding hydrogens is 275 g/mol. The highest BCUT2D eigenvalue weighted by atomic mass is 35.5. The van der Waals surface area contributed by atoms with Gasteiger partial charge >= 0.3 is 0 Å². The van der Waals surface area contributed by atoms with Crippen molar-refractivity contribution in [2.75, 3.05) is 13.9 Å². The zero-order chi connectivity index (χ0) is 13.7. The molecule has 1 aromatic carbocycles. The minimum absolute atomic E-state index is 0.0131. The number of hydrogen-bond acceptors (Lipinski definition) is 3. The molecule has 1 N–H and O–H groups in total. The molecule has 3 nitrogen and oxygen atoms in total. The second kappa shape index (κ2) is 7.31. The van der Waals surface area contributed by atoms with Gasteiger partial charge in [-0.2, -0.15) is 0 Å². The van der Waals surface area contributed by atoms with Gasteiger partial charge in [0, 0.05) is 22.7 Å². The van der Waals surface area contributed by atoms with Gasteiger partial charge in [-0.1, -0.05) is 43.1 Å². The molecule has 102 valence electrons. The van der Waals surface area contributed by atoms with Crippen LogP contribution in [0.1, 0.15) is 25.5 Å². The molecule has 1 rings (SSSR count). The first-order valence-electron chi connectivity index (χ1n) is 5.71. The Bertz CT molecular complexity index is 362. The van der Waals surface area contributed by atoms with E-state index < -0.39 is 12.2 Å². The van der Waals surface area contributed by atoms with Gasteiger partial charge in [0.2, 0.25) is 0 Å². The third-order valence-corrected chi connectivity index (χ3v) is 3.30. The Morgan fingerprint density at radius 1 is 1.22 bits per heavy atom. The van der Waals surface area contributed by atoms with Crippen molar-refractivity contribution < 1.29 is 14.6 Å². The van der Waals surface area contributed by atoms with Crippen LogP contribution in [0.3, 0.4) is 0 Å². The van der Waals surface area contributed by atoms with Crippen molar-refractivity contribution in [2.45, 2.75) is 26.1 Å². The lowest BCUT2D eigenvalue weighted by molar-refractivity contribution is -0.124. The molecular formula is C13H18Cl2O3. The second-order valence-electron chi connectivity index (χ2n) is 4.36. The van der Waals surface area contributed by atoms with Crippen LogP contribution in [0.4, 0.5) is 0 Å². The molecule has 0 amide bonds. The Morgan fingerprint density at radius 2 is 1.78 bits per heavy atom. The molecule has 1 aromatic rings. The number of rotatable bonds is 6. The Morgan fingerprint density at radius 3 is 2.22 bits per heavy atom. The summed E-state index contributed by atoms with van der Waals surface area (Å²) in [6.07, 6.45) is -1.32. The van der Waals surface area contributed by atoms with Crippen molar-refractivity contribution in [2.24, 2.45) is 5.92 Å². The van der Waals surface area contributed by atoms with Gasteiger partial charge in [0.05, 0.1) is 6.10 Å². The second-order valence-corrected chi connectivity index (χ2v) is 5.18. The van der Waals surface area contributed by atoms with Crippen LogP contribution in [0.2, 0.25) is 10.0 Å². The van der Waals surface area contributed by atoms with Crippen molar-refractivity contribution in [1.82, 2.24) is 0 Å². The summed E-state index contributed by atoms with van der Waals surface area (Å²) >= 11 is 12.3. The van der Waals surface area contributed by atoms with Gasteiger partial charge in [-0.15, -0.1) is 0 Å². The lowest BCUT2D eigenvalue weighted by atomic mass is 9.96. The molecule has 0 aromatic heterocycles. The van der Waals surface area contributed by atoms with Gasteiger partial charge in [-0.3, -0.25) is 0 Å². The average molecular weight is 293 g/mol. The van der Waals surface area contributed by atoms with Crippen LogP contribution >= 0.6 is 23.2 Å². The third-order valence-electron chi connectivity index (χ3n) is 2.64. The minimum atomic E-state index is -0.711. The zero-order valence-electron chi connectivity index (χ0n) is 10.7. The molecule has 2 unspecified atom stereocenters. The zero-order valence-corrected chi connectivity index (χ0v) is 12.2. The average Bonchev–Trinajstić information content (AvgIpc) is 2.32. The number of ether oxygens (including phenoxy) is 2. The van der Waals surface area contributed by atoms with Gasteiger partial charge < -0.3 is 14.6 Å². The molecule has 0 aliphatic carbocycles. The molecule has 18 heavy (non-hydrogen) atoms. The van der Waals surface area contributed by atoms with E-state index in [4.69, 9.17) is 32.7 Å². The fourth-order valence-electron chi connectivity index (χ4n) is 1.63. The number of aliphatic hydroxyl groups is 1. The van der Waals surface area contributed by atoms with E-state index in [9.17, 15) is 5.11 Å². The SMILES string of the molecule is COCOC(c1c(Cl)cccc1Cl)C(O)C(C)C. The first-order valence-corrected chi connectivity index (χ1v) is 6.47. The van der Waals surface area contributed by atoms with E-state index in [1.165, 1.54) is 7.11 Å². The molecule has 5 heteroatoms. The summed E-state index contributed by atoms with van der Waals surface area (Å²) in [4.78, 5) is 0. The van der Waals surface area contributed by atoms with Gasteiger partial charge in [-0.05, 0) is 18.1 Å². The fourth-order valence-corrected chi connectivity index (χ4v) is 2.24. The molecule has 0 radical (unpaired) electrons. The van der Waals surface area contributed by atoms with Gasteiger partial charge in [-0.25, -0.2) is 0 Å². The summed E-state index contributed by atoms with van der Waals surface area (Å²) in [7, 11) is 1.52. The molecule has 0 aliphatic heterocycles. The number of halogens is 2. The highest BCUT2D eigenvalue weighted by molar-refractivity contribution is 6.36. The molecule has 0 saturated carbocycles. The number of benzene rings is 1. The van der Waals surface area contributed by atoms with Crippen LogP contribution in [0.25, 0.3) is 0 Å². The standard InChI is InChI=1S/C13H18Cl2O3/c1-8(2)12(16)13(18-7-17-3)11-9(14)5-4-6-10(11)15/h4-6,8,12-13,16H,7H2,1-3H3. The van der Waals surface area contributed by atoms with Gasteiger partial charge in [0.15, 0.2) is 0 Å². The third kappa shape index (κ3) is 3.84. The highest BCUT2D eigenvalue weighted by Gasteiger charge is 2.28. The summed E-state index contributed by atoms with van der Waals surface area (Å²) in [5, 5.41) is 11.2. The quantitative estimate of drug-likeness (QED) is 0.813. The van der Waals surface area contributed by atoms with Crippen molar-refractivity contribution in [3.8, 4) is 0 Å². The number of aliphatic hydroxyl groups excluding tert-OH is 1. The van der Waals surface area contributed by atoms with Crippen LogP contribution in [0.5, 0.6) is 0 Å². The molecule has 0 saturated heterocycles. The van der Waals surface area contributed by atoms with E-state index in [1.54, 1.807) is 18.2 Å². The fraction of sp³-hybridized carbons (Fsp3) is 0.538. The molecule has 0 bridgehead atoms. The first-order chi connectivity index (χ1) is 8.49.